The van der Waals surface area contributed by atoms with Crippen molar-refractivity contribution >= 4 is 28.9 Å². The molecule has 0 bridgehead atoms. The Kier molecular flexibility index (Phi) is 5.77. The number of ether oxygens (including phenoxy) is 3. The van der Waals surface area contributed by atoms with Crippen LogP contribution in [0.1, 0.15) is 36.8 Å². The van der Waals surface area contributed by atoms with Crippen LogP contribution in [0.3, 0.4) is 0 Å². The maximum Gasteiger partial charge on any atom is 0.341 e. The van der Waals surface area contributed by atoms with Gasteiger partial charge in [0.15, 0.2) is 0 Å². The summed E-state index contributed by atoms with van der Waals surface area (Å²) in [6, 6.07) is 10.1. The van der Waals surface area contributed by atoms with Gasteiger partial charge in [0.2, 0.25) is 5.78 Å². The largest absolute Gasteiger partial charge is 0.496 e. The van der Waals surface area contributed by atoms with Gasteiger partial charge in [0.1, 0.15) is 22.6 Å². The number of carbonyl (C=O) groups excluding carboxylic acids is 3. The Bertz CT molecular complexity index is 1150. The van der Waals surface area contributed by atoms with Crippen LogP contribution in [0.5, 0.6) is 5.75 Å². The van der Waals surface area contributed by atoms with E-state index in [0.29, 0.717) is 11.3 Å². The maximum absolute atomic E-state index is 13.6. The summed E-state index contributed by atoms with van der Waals surface area (Å²) in [4.78, 5) is 40.8. The van der Waals surface area contributed by atoms with Gasteiger partial charge in [-0.2, -0.15) is 0 Å². The number of hydrogen-bond acceptors (Lipinski definition) is 7. The third kappa shape index (κ3) is 3.36. The van der Waals surface area contributed by atoms with Gasteiger partial charge in [-0.25, -0.2) is 9.59 Å². The molecular formula is C22H22N2O6. The summed E-state index contributed by atoms with van der Waals surface area (Å²) < 4.78 is 16.6. The van der Waals surface area contributed by atoms with Crippen molar-refractivity contribution in [2.45, 2.75) is 0 Å². The number of nitrogens with zero attached hydrogens (tertiary/aromatic N) is 2. The van der Waals surface area contributed by atoms with Gasteiger partial charge in [-0.3, -0.25) is 4.79 Å². The van der Waals surface area contributed by atoms with E-state index in [1.165, 1.54) is 25.7 Å². The Morgan fingerprint density at radius 1 is 0.900 bits per heavy atom. The fourth-order valence-electron chi connectivity index (χ4n) is 3.31. The van der Waals surface area contributed by atoms with E-state index < -0.39 is 17.7 Å². The molecule has 0 aliphatic heterocycles. The van der Waals surface area contributed by atoms with Crippen LogP contribution >= 0.6 is 0 Å². The first-order valence-corrected chi connectivity index (χ1v) is 9.05. The fourth-order valence-corrected chi connectivity index (χ4v) is 3.31. The number of ketones is 1. The summed E-state index contributed by atoms with van der Waals surface area (Å²) >= 11 is 0. The Labute approximate surface area is 173 Å². The number of rotatable bonds is 6. The van der Waals surface area contributed by atoms with Gasteiger partial charge in [0, 0.05) is 26.0 Å². The van der Waals surface area contributed by atoms with Gasteiger partial charge in [-0.1, -0.05) is 12.1 Å². The molecule has 0 radical (unpaired) electrons. The third-order valence-corrected chi connectivity index (χ3v) is 4.78. The zero-order chi connectivity index (χ0) is 22.0. The van der Waals surface area contributed by atoms with Crippen molar-refractivity contribution in [2.24, 2.45) is 0 Å². The highest BCUT2D eigenvalue weighted by atomic mass is 16.5. The van der Waals surface area contributed by atoms with Gasteiger partial charge in [0.25, 0.3) is 0 Å². The highest BCUT2D eigenvalue weighted by molar-refractivity contribution is 6.20. The zero-order valence-corrected chi connectivity index (χ0v) is 17.4. The van der Waals surface area contributed by atoms with E-state index in [9.17, 15) is 14.4 Å². The van der Waals surface area contributed by atoms with Gasteiger partial charge in [-0.15, -0.1) is 0 Å². The molecule has 0 unspecified atom stereocenters. The number of anilines is 1. The second-order valence-corrected chi connectivity index (χ2v) is 6.65. The number of carbonyl (C=O) groups is 3. The van der Waals surface area contributed by atoms with Gasteiger partial charge >= 0.3 is 11.9 Å². The van der Waals surface area contributed by atoms with Crippen LogP contribution in [-0.4, -0.2) is 57.5 Å². The summed E-state index contributed by atoms with van der Waals surface area (Å²) in [6.45, 7) is 0. The lowest BCUT2D eigenvalue weighted by molar-refractivity contribution is 0.0556. The topological polar surface area (TPSA) is 86.6 Å². The quantitative estimate of drug-likeness (QED) is 0.456. The fraction of sp³-hybridized carbons (Fsp3) is 0.227. The number of para-hydroxylation sites is 1. The minimum absolute atomic E-state index is 0.00736. The first-order chi connectivity index (χ1) is 14.3. The third-order valence-electron chi connectivity index (χ3n) is 4.78. The normalized spacial score (nSPS) is 10.6. The molecule has 2 aromatic heterocycles. The van der Waals surface area contributed by atoms with Gasteiger partial charge in [0.05, 0.1) is 32.4 Å². The summed E-state index contributed by atoms with van der Waals surface area (Å²) in [6.07, 6.45) is 1.63. The Hall–Kier alpha value is -3.81. The number of esters is 2. The average Bonchev–Trinajstić information content (AvgIpc) is 3.11. The Morgan fingerprint density at radius 3 is 2.13 bits per heavy atom. The van der Waals surface area contributed by atoms with E-state index in [2.05, 4.69) is 0 Å². The molecule has 0 spiro atoms. The molecule has 2 heterocycles. The molecule has 0 N–H and O–H groups in total. The molecule has 3 rings (SSSR count). The minimum atomic E-state index is -0.816. The Morgan fingerprint density at radius 2 is 1.53 bits per heavy atom. The molecule has 0 saturated carbocycles. The van der Waals surface area contributed by atoms with Crippen LogP contribution in [-0.2, 0) is 9.47 Å². The first-order valence-electron chi connectivity index (χ1n) is 9.05. The van der Waals surface area contributed by atoms with E-state index in [4.69, 9.17) is 14.2 Å². The summed E-state index contributed by atoms with van der Waals surface area (Å²) in [7, 11) is 7.54. The summed E-state index contributed by atoms with van der Waals surface area (Å²) in [5.74, 6) is -1.71. The smallest absolute Gasteiger partial charge is 0.341 e. The SMILES string of the molecule is COC(=O)c1c(C(=O)OC)c2cc(N(C)C)ccn2c1C(=O)c1ccccc1OC. The van der Waals surface area contributed by atoms with Crippen LogP contribution in [0.15, 0.2) is 42.6 Å². The number of hydrogen-bond donors (Lipinski definition) is 0. The summed E-state index contributed by atoms with van der Waals surface area (Å²) in [5, 5.41) is 0. The summed E-state index contributed by atoms with van der Waals surface area (Å²) in [5.41, 5.74) is 1.18. The standard InChI is InChI=1S/C22H22N2O6/c1-23(2)13-10-11-24-15(12-13)17(21(26)29-4)18(22(27)30-5)19(24)20(25)14-8-6-7-9-16(14)28-3/h6-12H,1-5H3. The molecule has 8 heteroatoms. The van der Waals surface area contributed by atoms with Crippen molar-refractivity contribution in [1.82, 2.24) is 4.40 Å². The molecule has 156 valence electrons. The van der Waals surface area contributed by atoms with Crippen LogP contribution < -0.4 is 9.64 Å². The van der Waals surface area contributed by atoms with Crippen molar-refractivity contribution in [3.05, 3.63) is 65.0 Å². The maximum atomic E-state index is 13.6. The molecule has 0 saturated heterocycles. The zero-order valence-electron chi connectivity index (χ0n) is 17.4. The molecule has 3 aromatic rings. The predicted molar refractivity (Wildman–Crippen MR) is 111 cm³/mol. The lowest BCUT2D eigenvalue weighted by Gasteiger charge is -2.13. The van der Waals surface area contributed by atoms with Crippen LogP contribution in [0.2, 0.25) is 0 Å². The van der Waals surface area contributed by atoms with E-state index in [1.807, 2.05) is 19.0 Å². The molecule has 0 aliphatic carbocycles. The van der Waals surface area contributed by atoms with Gasteiger partial charge in [-0.05, 0) is 24.3 Å². The van der Waals surface area contributed by atoms with Crippen LogP contribution in [0.4, 0.5) is 5.69 Å². The van der Waals surface area contributed by atoms with E-state index >= 15 is 0 Å². The van der Waals surface area contributed by atoms with Crippen LogP contribution in [0, 0.1) is 0 Å². The van der Waals surface area contributed by atoms with E-state index in [1.54, 1.807) is 42.6 Å². The first kappa shape index (κ1) is 20.9. The van der Waals surface area contributed by atoms with E-state index in [-0.39, 0.29) is 22.4 Å². The lowest BCUT2D eigenvalue weighted by Crippen LogP contribution is -2.15. The number of aromatic nitrogens is 1. The molecule has 0 amide bonds. The highest BCUT2D eigenvalue weighted by Gasteiger charge is 2.34. The van der Waals surface area contributed by atoms with Crippen molar-refractivity contribution in [1.29, 1.82) is 0 Å². The molecule has 1 aromatic carbocycles. The number of pyridine rings is 1. The minimum Gasteiger partial charge on any atom is -0.496 e. The molecule has 0 atom stereocenters. The Balaban J connectivity index is 2.44. The lowest BCUT2D eigenvalue weighted by atomic mass is 10.0. The number of fused-ring (bicyclic) bond motifs is 1. The second-order valence-electron chi connectivity index (χ2n) is 6.65. The molecule has 8 nitrogen and oxygen atoms in total. The van der Waals surface area contributed by atoms with Crippen molar-refractivity contribution in [2.75, 3.05) is 40.3 Å². The number of methoxy groups -OCH3 is 3. The van der Waals surface area contributed by atoms with Crippen molar-refractivity contribution in [3.63, 3.8) is 0 Å². The van der Waals surface area contributed by atoms with E-state index in [0.717, 1.165) is 5.69 Å². The molecule has 30 heavy (non-hydrogen) atoms. The number of benzene rings is 1. The average molecular weight is 410 g/mol. The van der Waals surface area contributed by atoms with Gasteiger partial charge < -0.3 is 23.5 Å². The highest BCUT2D eigenvalue weighted by Crippen LogP contribution is 2.31. The molecule has 0 fully saturated rings. The molecular weight excluding hydrogens is 388 g/mol. The van der Waals surface area contributed by atoms with Crippen molar-refractivity contribution in [3.8, 4) is 5.75 Å². The predicted octanol–water partition coefficient (Wildman–Crippen LogP) is 2.82. The monoisotopic (exact) mass is 410 g/mol. The van der Waals surface area contributed by atoms with Crippen molar-refractivity contribution < 1.29 is 28.6 Å². The second kappa shape index (κ2) is 8.28. The van der Waals surface area contributed by atoms with Crippen LogP contribution in [0.25, 0.3) is 5.52 Å². The molecule has 0 aliphatic rings.